The van der Waals surface area contributed by atoms with E-state index in [1.807, 2.05) is 24.3 Å². The maximum Gasteiger partial charge on any atom is 0.394 e. The van der Waals surface area contributed by atoms with Gasteiger partial charge in [-0.05, 0) is 31.4 Å². The molecule has 0 N–H and O–H groups in total. The van der Waals surface area contributed by atoms with E-state index in [0.29, 0.717) is 0 Å². The van der Waals surface area contributed by atoms with E-state index in [1.165, 1.54) is 0 Å². The standard InChI is InChI=1S/C12H10F3N3/c13-12(14,15)10-5-11(6-10,7-10)18-9-4-2-1-3-8(9)16-17-18/h1-4H,5-7H2. The van der Waals surface area contributed by atoms with Crippen molar-refractivity contribution >= 4 is 11.0 Å². The van der Waals surface area contributed by atoms with Crippen LogP contribution in [0.1, 0.15) is 19.3 Å². The Balaban J connectivity index is 1.73. The summed E-state index contributed by atoms with van der Waals surface area (Å²) in [7, 11) is 0. The number of para-hydroxylation sites is 1. The van der Waals surface area contributed by atoms with E-state index >= 15 is 0 Å². The van der Waals surface area contributed by atoms with E-state index in [1.54, 1.807) is 4.68 Å². The minimum Gasteiger partial charge on any atom is -0.238 e. The maximum atomic E-state index is 12.8. The van der Waals surface area contributed by atoms with Crippen LogP contribution in [-0.2, 0) is 5.54 Å². The fourth-order valence-corrected chi connectivity index (χ4v) is 3.48. The predicted molar refractivity (Wildman–Crippen MR) is 57.8 cm³/mol. The van der Waals surface area contributed by atoms with Crippen molar-refractivity contribution in [1.82, 2.24) is 15.0 Å². The molecule has 0 unspecified atom stereocenters. The molecular formula is C12H10F3N3. The number of halogens is 3. The SMILES string of the molecule is FC(F)(F)C12CC(n3nnc4ccccc43)(C1)C2. The molecule has 1 aromatic heterocycles. The van der Waals surface area contributed by atoms with Gasteiger partial charge in [-0.15, -0.1) is 5.10 Å². The second kappa shape index (κ2) is 2.70. The molecule has 3 nitrogen and oxygen atoms in total. The Labute approximate surface area is 101 Å². The van der Waals surface area contributed by atoms with Crippen molar-refractivity contribution in [2.45, 2.75) is 31.0 Å². The van der Waals surface area contributed by atoms with Crippen LogP contribution in [0.5, 0.6) is 0 Å². The normalized spacial score (nSPS) is 34.2. The fraction of sp³-hybridized carbons (Fsp3) is 0.500. The van der Waals surface area contributed by atoms with Crippen molar-refractivity contribution in [2.24, 2.45) is 5.41 Å². The van der Waals surface area contributed by atoms with Gasteiger partial charge in [0.1, 0.15) is 5.52 Å². The summed E-state index contributed by atoms with van der Waals surface area (Å²) in [6.45, 7) is 0. The highest BCUT2D eigenvalue weighted by Gasteiger charge is 2.80. The zero-order valence-electron chi connectivity index (χ0n) is 9.41. The Morgan fingerprint density at radius 2 is 1.78 bits per heavy atom. The number of hydrogen-bond acceptors (Lipinski definition) is 2. The molecule has 5 rings (SSSR count). The summed E-state index contributed by atoms with van der Waals surface area (Å²) < 4.78 is 40.1. The van der Waals surface area contributed by atoms with Crippen LogP contribution in [0.3, 0.4) is 0 Å². The highest BCUT2D eigenvalue weighted by molar-refractivity contribution is 5.74. The van der Waals surface area contributed by atoms with Crippen molar-refractivity contribution in [2.75, 3.05) is 0 Å². The number of aromatic nitrogens is 3. The largest absolute Gasteiger partial charge is 0.394 e. The lowest BCUT2D eigenvalue weighted by molar-refractivity contribution is -0.355. The molecule has 18 heavy (non-hydrogen) atoms. The van der Waals surface area contributed by atoms with E-state index in [4.69, 9.17) is 0 Å². The molecule has 0 saturated heterocycles. The summed E-state index contributed by atoms with van der Waals surface area (Å²) in [6, 6.07) is 7.38. The van der Waals surface area contributed by atoms with Gasteiger partial charge < -0.3 is 0 Å². The molecule has 3 aliphatic rings. The number of alkyl halides is 3. The van der Waals surface area contributed by atoms with Gasteiger partial charge in [-0.3, -0.25) is 0 Å². The first-order valence-corrected chi connectivity index (χ1v) is 5.84. The molecule has 2 bridgehead atoms. The van der Waals surface area contributed by atoms with Gasteiger partial charge in [0.25, 0.3) is 0 Å². The van der Waals surface area contributed by atoms with Crippen molar-refractivity contribution in [3.8, 4) is 0 Å². The lowest BCUT2D eigenvalue weighted by Gasteiger charge is -2.69. The smallest absolute Gasteiger partial charge is 0.238 e. The number of benzene rings is 1. The van der Waals surface area contributed by atoms with Gasteiger partial charge in [-0.25, -0.2) is 4.68 Å². The minimum absolute atomic E-state index is 0.150. The van der Waals surface area contributed by atoms with Gasteiger partial charge in [0.15, 0.2) is 0 Å². The van der Waals surface area contributed by atoms with E-state index in [9.17, 15) is 13.2 Å². The summed E-state index contributed by atoms with van der Waals surface area (Å²) in [5.41, 5.74) is -0.317. The average molecular weight is 253 g/mol. The molecule has 6 heteroatoms. The quantitative estimate of drug-likeness (QED) is 0.782. The topological polar surface area (TPSA) is 30.7 Å². The third-order valence-electron chi connectivity index (χ3n) is 4.40. The number of fused-ring (bicyclic) bond motifs is 1. The monoisotopic (exact) mass is 253 g/mol. The second-order valence-corrected chi connectivity index (χ2v) is 5.52. The molecule has 2 aromatic rings. The van der Waals surface area contributed by atoms with E-state index in [0.717, 1.165) is 11.0 Å². The Bertz CT molecular complexity index is 624. The van der Waals surface area contributed by atoms with E-state index in [2.05, 4.69) is 10.3 Å². The molecule has 94 valence electrons. The zero-order valence-corrected chi connectivity index (χ0v) is 9.41. The van der Waals surface area contributed by atoms with Crippen LogP contribution in [0.25, 0.3) is 11.0 Å². The highest BCUT2D eigenvalue weighted by Crippen LogP contribution is 2.76. The van der Waals surface area contributed by atoms with Gasteiger partial charge in [-0.2, -0.15) is 13.2 Å². The van der Waals surface area contributed by atoms with Gasteiger partial charge in [0.05, 0.1) is 16.5 Å². The van der Waals surface area contributed by atoms with E-state index < -0.39 is 17.1 Å². The average Bonchev–Trinajstić information content (AvgIpc) is 2.56. The molecule has 1 aromatic carbocycles. The van der Waals surface area contributed by atoms with Gasteiger partial charge in [0, 0.05) is 0 Å². The van der Waals surface area contributed by atoms with Crippen LogP contribution in [0.15, 0.2) is 24.3 Å². The Morgan fingerprint density at radius 3 is 2.44 bits per heavy atom. The predicted octanol–water partition coefficient (Wildman–Crippen LogP) is 2.87. The van der Waals surface area contributed by atoms with Crippen LogP contribution in [0, 0.1) is 5.41 Å². The molecule has 3 fully saturated rings. The molecule has 0 amide bonds. The Morgan fingerprint density at radius 1 is 1.11 bits per heavy atom. The summed E-state index contributed by atoms with van der Waals surface area (Å²) >= 11 is 0. The van der Waals surface area contributed by atoms with Gasteiger partial charge >= 0.3 is 6.18 Å². The summed E-state index contributed by atoms with van der Waals surface area (Å²) in [6.07, 6.45) is -3.63. The number of nitrogens with zero attached hydrogens (tertiary/aromatic N) is 3. The van der Waals surface area contributed by atoms with Crippen molar-refractivity contribution in [3.63, 3.8) is 0 Å². The van der Waals surface area contributed by atoms with Crippen molar-refractivity contribution < 1.29 is 13.2 Å². The van der Waals surface area contributed by atoms with Crippen LogP contribution in [0.4, 0.5) is 13.2 Å². The molecule has 3 aliphatic carbocycles. The van der Waals surface area contributed by atoms with E-state index in [-0.39, 0.29) is 19.3 Å². The molecule has 0 aliphatic heterocycles. The first-order chi connectivity index (χ1) is 8.46. The fourth-order valence-electron chi connectivity index (χ4n) is 3.48. The first kappa shape index (κ1) is 10.3. The Kier molecular flexibility index (Phi) is 1.55. The third kappa shape index (κ3) is 0.980. The maximum absolute atomic E-state index is 12.8. The van der Waals surface area contributed by atoms with Crippen LogP contribution in [-0.4, -0.2) is 21.2 Å². The molecule has 0 radical (unpaired) electrons. The first-order valence-electron chi connectivity index (χ1n) is 5.84. The summed E-state index contributed by atoms with van der Waals surface area (Å²) in [4.78, 5) is 0. The molecular weight excluding hydrogens is 243 g/mol. The lowest BCUT2D eigenvalue weighted by atomic mass is 9.39. The third-order valence-corrected chi connectivity index (χ3v) is 4.40. The number of hydrogen-bond donors (Lipinski definition) is 0. The van der Waals surface area contributed by atoms with Gasteiger partial charge in [0.2, 0.25) is 0 Å². The van der Waals surface area contributed by atoms with Crippen molar-refractivity contribution in [1.29, 1.82) is 0 Å². The highest BCUT2D eigenvalue weighted by atomic mass is 19.4. The van der Waals surface area contributed by atoms with Gasteiger partial charge in [-0.1, -0.05) is 17.3 Å². The molecule has 0 spiro atoms. The Hall–Kier alpha value is -1.59. The molecule has 0 atom stereocenters. The van der Waals surface area contributed by atoms with Crippen LogP contribution in [0.2, 0.25) is 0 Å². The van der Waals surface area contributed by atoms with Crippen LogP contribution < -0.4 is 0 Å². The van der Waals surface area contributed by atoms with Crippen LogP contribution >= 0.6 is 0 Å². The second-order valence-electron chi connectivity index (χ2n) is 5.52. The summed E-state index contributed by atoms with van der Waals surface area (Å²) in [5, 5.41) is 8.05. The molecule has 3 saturated carbocycles. The lowest BCUT2D eigenvalue weighted by Crippen LogP contribution is -2.73. The zero-order chi connectivity index (χ0) is 12.6. The van der Waals surface area contributed by atoms with Crippen molar-refractivity contribution in [3.05, 3.63) is 24.3 Å². The summed E-state index contributed by atoms with van der Waals surface area (Å²) in [5.74, 6) is 0. The number of rotatable bonds is 1. The molecule has 1 heterocycles. The minimum atomic E-state index is -4.08.